The lowest BCUT2D eigenvalue weighted by molar-refractivity contribution is 0.396. The molecule has 0 saturated carbocycles. The highest BCUT2D eigenvalue weighted by atomic mass is 35.5. The lowest BCUT2D eigenvalue weighted by Crippen LogP contribution is -2.00. The summed E-state index contributed by atoms with van der Waals surface area (Å²) in [5, 5.41) is 3.46. The minimum Gasteiger partial charge on any atom is -0.495 e. The number of aromatic nitrogens is 2. The largest absolute Gasteiger partial charge is 0.495 e. The molecule has 0 unspecified atom stereocenters. The van der Waals surface area contributed by atoms with Crippen molar-refractivity contribution in [1.29, 1.82) is 0 Å². The highest BCUT2D eigenvalue weighted by Gasteiger charge is 2.10. The van der Waals surface area contributed by atoms with Crippen LogP contribution in [0.3, 0.4) is 0 Å². The van der Waals surface area contributed by atoms with Gasteiger partial charge in [0.15, 0.2) is 0 Å². The molecule has 0 fully saturated rings. The van der Waals surface area contributed by atoms with Gasteiger partial charge in [0.1, 0.15) is 11.5 Å². The van der Waals surface area contributed by atoms with Gasteiger partial charge >= 0.3 is 0 Å². The van der Waals surface area contributed by atoms with Crippen LogP contribution in [0.4, 0.5) is 17.3 Å². The zero-order valence-electron chi connectivity index (χ0n) is 10.5. The summed E-state index contributed by atoms with van der Waals surface area (Å²) in [6, 6.07) is 3.36. The van der Waals surface area contributed by atoms with Gasteiger partial charge in [-0.05, 0) is 6.07 Å². The molecule has 7 heteroatoms. The molecule has 6 nitrogen and oxygen atoms in total. The van der Waals surface area contributed by atoms with Crippen LogP contribution >= 0.6 is 11.6 Å². The van der Waals surface area contributed by atoms with Crippen molar-refractivity contribution >= 4 is 28.9 Å². The number of ether oxygens (including phenoxy) is 2. The third kappa shape index (κ3) is 2.97. The van der Waals surface area contributed by atoms with Crippen molar-refractivity contribution in [1.82, 2.24) is 9.97 Å². The normalized spacial score (nSPS) is 10.1. The Balaban J connectivity index is 2.33. The Morgan fingerprint density at radius 2 is 1.74 bits per heavy atom. The summed E-state index contributed by atoms with van der Waals surface area (Å²) in [7, 11) is 3.09. The minimum atomic E-state index is 0.397. The van der Waals surface area contributed by atoms with Crippen LogP contribution in [0.1, 0.15) is 0 Å². The molecule has 1 aromatic heterocycles. The van der Waals surface area contributed by atoms with Gasteiger partial charge in [0, 0.05) is 6.07 Å². The van der Waals surface area contributed by atoms with E-state index in [4.69, 9.17) is 26.8 Å². The number of nitrogens with zero attached hydrogens (tertiary/aromatic N) is 2. The molecular formula is C12H13ClN4O2. The van der Waals surface area contributed by atoms with Gasteiger partial charge in [-0.1, -0.05) is 11.6 Å². The number of benzene rings is 1. The Bertz CT molecular complexity index is 575. The summed E-state index contributed by atoms with van der Waals surface area (Å²) in [6.45, 7) is 0. The second-order valence-electron chi connectivity index (χ2n) is 3.65. The van der Waals surface area contributed by atoms with E-state index in [0.29, 0.717) is 33.8 Å². The number of rotatable bonds is 4. The van der Waals surface area contributed by atoms with Gasteiger partial charge in [-0.2, -0.15) is 0 Å². The predicted molar refractivity (Wildman–Crippen MR) is 74.3 cm³/mol. The molecule has 0 saturated heterocycles. The van der Waals surface area contributed by atoms with E-state index in [1.54, 1.807) is 19.2 Å². The molecule has 0 aliphatic heterocycles. The fourth-order valence-electron chi connectivity index (χ4n) is 1.48. The smallest absolute Gasteiger partial charge is 0.227 e. The second-order valence-corrected chi connectivity index (χ2v) is 4.06. The van der Waals surface area contributed by atoms with Crippen LogP contribution in [0.5, 0.6) is 11.5 Å². The third-order valence-corrected chi connectivity index (χ3v) is 2.69. The molecule has 0 atom stereocenters. The third-order valence-electron chi connectivity index (χ3n) is 2.39. The van der Waals surface area contributed by atoms with E-state index in [1.807, 2.05) is 0 Å². The van der Waals surface area contributed by atoms with Crippen LogP contribution in [0.25, 0.3) is 0 Å². The summed E-state index contributed by atoms with van der Waals surface area (Å²) >= 11 is 6.07. The van der Waals surface area contributed by atoms with Crippen LogP contribution in [-0.2, 0) is 0 Å². The van der Waals surface area contributed by atoms with Gasteiger partial charge in [0.2, 0.25) is 5.95 Å². The van der Waals surface area contributed by atoms with Crippen LogP contribution in [0.2, 0.25) is 5.02 Å². The summed E-state index contributed by atoms with van der Waals surface area (Å²) in [5.74, 6) is 1.50. The number of nitrogens with two attached hydrogens (primary N) is 1. The first-order valence-electron chi connectivity index (χ1n) is 5.40. The molecule has 2 aromatic rings. The Hall–Kier alpha value is -2.21. The van der Waals surface area contributed by atoms with Crippen LogP contribution in [-0.4, -0.2) is 24.2 Å². The van der Waals surface area contributed by atoms with E-state index in [-0.39, 0.29) is 0 Å². The van der Waals surface area contributed by atoms with Gasteiger partial charge in [-0.15, -0.1) is 0 Å². The molecule has 0 spiro atoms. The number of anilines is 3. The zero-order valence-corrected chi connectivity index (χ0v) is 11.2. The van der Waals surface area contributed by atoms with Crippen molar-refractivity contribution in [3.63, 3.8) is 0 Å². The van der Waals surface area contributed by atoms with Gasteiger partial charge in [-0.25, -0.2) is 9.97 Å². The van der Waals surface area contributed by atoms with Crippen molar-refractivity contribution in [3.8, 4) is 11.5 Å². The first kappa shape index (κ1) is 13.2. The standard InChI is InChI=1S/C12H13ClN4O2/c1-18-10-4-11(19-2)9(3-8(10)13)17-12-15-5-7(14)6-16-12/h3-6H,14H2,1-2H3,(H,15,16,17). The van der Waals surface area contributed by atoms with Gasteiger partial charge in [0.05, 0.1) is 43.0 Å². The maximum Gasteiger partial charge on any atom is 0.227 e. The zero-order chi connectivity index (χ0) is 13.8. The molecule has 1 aromatic carbocycles. The van der Waals surface area contributed by atoms with Crippen molar-refractivity contribution in [2.24, 2.45) is 0 Å². The number of nitrogens with one attached hydrogen (secondary N) is 1. The van der Waals surface area contributed by atoms with Crippen LogP contribution in [0, 0.1) is 0 Å². The van der Waals surface area contributed by atoms with Crippen LogP contribution < -0.4 is 20.5 Å². The minimum absolute atomic E-state index is 0.397. The second kappa shape index (κ2) is 5.62. The Kier molecular flexibility index (Phi) is 3.91. The van der Waals surface area contributed by atoms with Crippen LogP contribution in [0.15, 0.2) is 24.5 Å². The fourth-order valence-corrected chi connectivity index (χ4v) is 1.72. The topological polar surface area (TPSA) is 82.3 Å². The molecule has 19 heavy (non-hydrogen) atoms. The van der Waals surface area contributed by atoms with Gasteiger partial charge in [0.25, 0.3) is 0 Å². The molecule has 2 rings (SSSR count). The quantitative estimate of drug-likeness (QED) is 0.895. The van der Waals surface area contributed by atoms with E-state index in [0.717, 1.165) is 0 Å². The van der Waals surface area contributed by atoms with E-state index in [1.165, 1.54) is 19.5 Å². The molecule has 0 radical (unpaired) electrons. The number of methoxy groups -OCH3 is 2. The molecule has 3 N–H and O–H groups in total. The van der Waals surface area contributed by atoms with Crippen molar-refractivity contribution < 1.29 is 9.47 Å². The number of halogens is 1. The summed E-state index contributed by atoms with van der Waals surface area (Å²) in [5.41, 5.74) is 6.65. The Morgan fingerprint density at radius 3 is 2.32 bits per heavy atom. The van der Waals surface area contributed by atoms with Gasteiger partial charge in [-0.3, -0.25) is 0 Å². The summed E-state index contributed by atoms with van der Waals surface area (Å²) in [4.78, 5) is 8.09. The average Bonchev–Trinajstić information content (AvgIpc) is 2.42. The number of hydrogen-bond acceptors (Lipinski definition) is 6. The first-order valence-corrected chi connectivity index (χ1v) is 5.78. The van der Waals surface area contributed by atoms with E-state index in [9.17, 15) is 0 Å². The molecule has 0 amide bonds. The maximum absolute atomic E-state index is 6.07. The molecule has 0 aliphatic rings. The fraction of sp³-hybridized carbons (Fsp3) is 0.167. The Morgan fingerprint density at radius 1 is 1.11 bits per heavy atom. The Labute approximate surface area is 115 Å². The molecule has 0 aliphatic carbocycles. The molecule has 1 heterocycles. The van der Waals surface area contributed by atoms with Gasteiger partial charge < -0.3 is 20.5 Å². The summed E-state index contributed by atoms with van der Waals surface area (Å²) in [6.07, 6.45) is 3.01. The lowest BCUT2D eigenvalue weighted by atomic mass is 10.2. The van der Waals surface area contributed by atoms with Crippen molar-refractivity contribution in [2.75, 3.05) is 25.3 Å². The van der Waals surface area contributed by atoms with Crippen molar-refractivity contribution in [3.05, 3.63) is 29.5 Å². The lowest BCUT2D eigenvalue weighted by Gasteiger charge is -2.12. The first-order chi connectivity index (χ1) is 9.13. The predicted octanol–water partition coefficient (Wildman–Crippen LogP) is 2.47. The van der Waals surface area contributed by atoms with Crippen molar-refractivity contribution in [2.45, 2.75) is 0 Å². The highest BCUT2D eigenvalue weighted by Crippen LogP contribution is 2.36. The highest BCUT2D eigenvalue weighted by molar-refractivity contribution is 6.32. The number of nitrogen functional groups attached to an aromatic ring is 1. The maximum atomic E-state index is 6.07. The van der Waals surface area contributed by atoms with E-state index < -0.39 is 0 Å². The molecular weight excluding hydrogens is 268 g/mol. The van der Waals surface area contributed by atoms with E-state index >= 15 is 0 Å². The number of hydrogen-bond donors (Lipinski definition) is 2. The molecule has 100 valence electrons. The average molecular weight is 281 g/mol. The SMILES string of the molecule is COc1cc(OC)c(Nc2ncc(N)cn2)cc1Cl. The summed E-state index contributed by atoms with van der Waals surface area (Å²) < 4.78 is 10.4. The monoisotopic (exact) mass is 280 g/mol. The molecule has 0 bridgehead atoms. The van der Waals surface area contributed by atoms with E-state index in [2.05, 4.69) is 15.3 Å².